The average molecular weight is 673 g/mol. The van der Waals surface area contributed by atoms with Gasteiger partial charge in [-0.05, 0) is 61.5 Å². The largest absolute Gasteiger partial charge is 0.395 e. The van der Waals surface area contributed by atoms with Gasteiger partial charge in [0.2, 0.25) is 8.41 Å². The highest BCUT2D eigenvalue weighted by Crippen LogP contribution is 2.47. The van der Waals surface area contributed by atoms with Crippen molar-refractivity contribution in [3.63, 3.8) is 0 Å². The van der Waals surface area contributed by atoms with Crippen LogP contribution in [0.1, 0.15) is 42.5 Å². The lowest BCUT2D eigenvalue weighted by Crippen LogP contribution is -2.60. The van der Waals surface area contributed by atoms with E-state index in [0.29, 0.717) is 37.2 Å². The Bertz CT molecular complexity index is 1480. The second kappa shape index (κ2) is 15.0. The lowest BCUT2D eigenvalue weighted by molar-refractivity contribution is -0.274. The SMILES string of the molecule is C[C@H]1[C@H]([Si](C)(C)F)[C@@H](CCn2cc(C(CO)c3ccccc3)nn2)O[C@H]1CCc1cccc(NC(=O)[C@H]2O[C@@H](O)[C@H](O)[C@@H](O)[C@@H]2O)c1. The van der Waals surface area contributed by atoms with Crippen LogP contribution in [0.3, 0.4) is 0 Å². The Hall–Kier alpha value is -3.08. The van der Waals surface area contributed by atoms with Gasteiger partial charge in [-0.25, -0.2) is 0 Å². The highest BCUT2D eigenvalue weighted by Gasteiger charge is 2.51. The Balaban J connectivity index is 1.19. The monoisotopic (exact) mass is 672 g/mol. The molecule has 0 radical (unpaired) electrons. The number of aromatic nitrogens is 3. The van der Waals surface area contributed by atoms with Gasteiger partial charge in [0.25, 0.3) is 5.91 Å². The quantitative estimate of drug-likeness (QED) is 0.123. The van der Waals surface area contributed by atoms with Gasteiger partial charge in [-0.3, -0.25) is 9.48 Å². The molecule has 1 aromatic heterocycles. The Morgan fingerprint density at radius 1 is 1.00 bits per heavy atom. The first-order chi connectivity index (χ1) is 22.4. The van der Waals surface area contributed by atoms with E-state index in [0.717, 1.165) is 11.1 Å². The van der Waals surface area contributed by atoms with Crippen molar-refractivity contribution in [2.45, 2.75) is 100 Å². The number of carbonyl (C=O) groups excluding carboxylic acids is 1. The van der Waals surface area contributed by atoms with E-state index < -0.39 is 45.0 Å². The van der Waals surface area contributed by atoms with Gasteiger partial charge in [-0.1, -0.05) is 54.6 Å². The predicted molar refractivity (Wildman–Crippen MR) is 172 cm³/mol. The molecule has 3 heterocycles. The van der Waals surface area contributed by atoms with Crippen LogP contribution in [-0.2, 0) is 27.2 Å². The van der Waals surface area contributed by atoms with Crippen LogP contribution in [-0.4, -0.2) is 104 Å². The smallest absolute Gasteiger partial charge is 0.256 e. The van der Waals surface area contributed by atoms with E-state index in [1.165, 1.54) is 0 Å². The number of amides is 1. The topological polar surface area (TPSA) is 179 Å². The number of nitrogens with one attached hydrogen (secondary N) is 1. The van der Waals surface area contributed by atoms with E-state index in [1.54, 1.807) is 36.0 Å². The van der Waals surface area contributed by atoms with Gasteiger partial charge >= 0.3 is 0 Å². The zero-order chi connectivity index (χ0) is 33.9. The Morgan fingerprint density at radius 3 is 2.45 bits per heavy atom. The molecule has 0 spiro atoms. The molecule has 2 aliphatic rings. The van der Waals surface area contributed by atoms with Crippen LogP contribution in [0.15, 0.2) is 60.8 Å². The van der Waals surface area contributed by atoms with Gasteiger partial charge in [-0.15, -0.1) is 5.10 Å². The van der Waals surface area contributed by atoms with E-state index in [1.807, 2.05) is 42.6 Å². The van der Waals surface area contributed by atoms with Crippen molar-refractivity contribution in [3.8, 4) is 0 Å². The maximum atomic E-state index is 15.7. The third kappa shape index (κ3) is 8.15. The third-order valence-corrected chi connectivity index (χ3v) is 11.9. The number of aliphatic hydroxyl groups excluding tert-OH is 5. The molecular weight excluding hydrogens is 627 g/mol. The highest BCUT2D eigenvalue weighted by atomic mass is 28.4. The average Bonchev–Trinajstić information content (AvgIpc) is 3.64. The number of carbonyl (C=O) groups is 1. The number of ether oxygens (including phenoxy) is 2. The summed E-state index contributed by atoms with van der Waals surface area (Å²) in [5.41, 5.74) is 2.75. The number of hydrogen-bond donors (Lipinski definition) is 6. The van der Waals surface area contributed by atoms with Gasteiger partial charge < -0.3 is 44.4 Å². The molecule has 1 amide bonds. The number of halogens is 1. The van der Waals surface area contributed by atoms with Crippen LogP contribution in [0.25, 0.3) is 0 Å². The van der Waals surface area contributed by atoms with Gasteiger partial charge in [0.05, 0.1) is 30.4 Å². The summed E-state index contributed by atoms with van der Waals surface area (Å²) in [5.74, 6) is -1.06. The summed E-state index contributed by atoms with van der Waals surface area (Å²) < 4.78 is 29.0. The lowest BCUT2D eigenvalue weighted by Gasteiger charge is -2.37. The molecule has 12 nitrogen and oxygen atoms in total. The zero-order valence-corrected chi connectivity index (χ0v) is 27.8. The van der Waals surface area contributed by atoms with Gasteiger partial charge in [0, 0.05) is 24.0 Å². The molecule has 3 aromatic rings. The van der Waals surface area contributed by atoms with Crippen LogP contribution in [0.4, 0.5) is 9.80 Å². The molecule has 47 heavy (non-hydrogen) atoms. The molecule has 0 aliphatic carbocycles. The van der Waals surface area contributed by atoms with Crippen molar-refractivity contribution in [1.82, 2.24) is 15.0 Å². The van der Waals surface area contributed by atoms with Crippen molar-refractivity contribution >= 4 is 20.0 Å². The van der Waals surface area contributed by atoms with E-state index in [-0.39, 0.29) is 36.2 Å². The first kappa shape index (κ1) is 35.2. The van der Waals surface area contributed by atoms with Crippen LogP contribution < -0.4 is 5.32 Å². The summed E-state index contributed by atoms with van der Waals surface area (Å²) in [6, 6.07) is 16.8. The highest BCUT2D eigenvalue weighted by molar-refractivity contribution is 6.72. The molecule has 256 valence electrons. The van der Waals surface area contributed by atoms with Crippen LogP contribution >= 0.6 is 0 Å². The predicted octanol–water partition coefficient (Wildman–Crippen LogP) is 2.11. The standard InChI is InChI=1S/C33H45FN4O8Si/c1-19-25(13-12-20-8-7-11-22(16-20)35-32(43)30-28(41)27(40)29(42)33(44)46-30)45-26(31(19)47(2,3)34)14-15-38-17-24(36-37-38)23(18-39)21-9-5-4-6-10-21/h4-11,16-17,19,23,25-31,33,39-42,44H,12-15,18H2,1-3H3,(H,35,43)/t19-,23?,25+,26-,27+,28+,29-,30+,31+,33-/m1/s1. The molecule has 2 aliphatic heterocycles. The second-order valence-electron chi connectivity index (χ2n) is 13.2. The first-order valence-electron chi connectivity index (χ1n) is 16.0. The fourth-order valence-electron chi connectivity index (χ4n) is 6.95. The molecule has 2 fully saturated rings. The molecule has 6 N–H and O–H groups in total. The van der Waals surface area contributed by atoms with Crippen molar-refractivity contribution < 1.29 is 43.9 Å². The summed E-state index contributed by atoms with van der Waals surface area (Å²) in [4.78, 5) is 12.8. The van der Waals surface area contributed by atoms with Crippen molar-refractivity contribution in [2.24, 2.45) is 5.92 Å². The molecule has 2 saturated heterocycles. The normalized spacial score (nSPS) is 30.3. The van der Waals surface area contributed by atoms with Gasteiger partial charge in [0.15, 0.2) is 12.4 Å². The van der Waals surface area contributed by atoms with Crippen molar-refractivity contribution in [3.05, 3.63) is 77.6 Å². The maximum absolute atomic E-state index is 15.7. The summed E-state index contributed by atoms with van der Waals surface area (Å²) in [7, 11) is -3.10. The van der Waals surface area contributed by atoms with Crippen molar-refractivity contribution in [2.75, 3.05) is 11.9 Å². The minimum atomic E-state index is -3.10. The molecule has 0 bridgehead atoms. The minimum Gasteiger partial charge on any atom is -0.395 e. The van der Waals surface area contributed by atoms with Crippen LogP contribution in [0, 0.1) is 5.92 Å². The van der Waals surface area contributed by atoms with E-state index >= 15 is 4.11 Å². The van der Waals surface area contributed by atoms with E-state index in [4.69, 9.17) is 9.47 Å². The van der Waals surface area contributed by atoms with Crippen LogP contribution in [0.2, 0.25) is 18.6 Å². The van der Waals surface area contributed by atoms with E-state index in [9.17, 15) is 30.3 Å². The molecule has 14 heteroatoms. The molecular formula is C33H45FN4O8Si. The summed E-state index contributed by atoms with van der Waals surface area (Å²) in [5, 5.41) is 60.8. The molecule has 10 atom stereocenters. The third-order valence-electron chi connectivity index (χ3n) is 9.39. The lowest BCUT2D eigenvalue weighted by atomic mass is 9.95. The number of nitrogens with zero attached hydrogens (tertiary/aromatic N) is 3. The zero-order valence-electron chi connectivity index (χ0n) is 26.8. The molecule has 0 saturated carbocycles. The maximum Gasteiger partial charge on any atom is 0.256 e. The van der Waals surface area contributed by atoms with E-state index in [2.05, 4.69) is 22.6 Å². The Morgan fingerprint density at radius 2 is 1.74 bits per heavy atom. The fraction of sp³-hybridized carbons (Fsp3) is 0.545. The number of benzene rings is 2. The number of hydrogen-bond acceptors (Lipinski definition) is 10. The summed E-state index contributed by atoms with van der Waals surface area (Å²) in [6.45, 7) is 5.91. The molecule has 5 rings (SSSR count). The van der Waals surface area contributed by atoms with Crippen LogP contribution in [0.5, 0.6) is 0 Å². The number of rotatable bonds is 12. The molecule has 1 unspecified atom stereocenters. The summed E-state index contributed by atoms with van der Waals surface area (Å²) in [6.07, 6.45) is -5.41. The second-order valence-corrected chi connectivity index (χ2v) is 16.9. The Labute approximate surface area is 274 Å². The van der Waals surface area contributed by atoms with Gasteiger partial charge in [0.1, 0.15) is 18.3 Å². The fourth-order valence-corrected chi connectivity index (χ4v) is 9.54. The first-order valence-corrected chi connectivity index (χ1v) is 19.0. The number of anilines is 1. The van der Waals surface area contributed by atoms with Gasteiger partial charge in [-0.2, -0.15) is 0 Å². The summed E-state index contributed by atoms with van der Waals surface area (Å²) >= 11 is 0. The van der Waals surface area contributed by atoms with Crippen molar-refractivity contribution in [1.29, 1.82) is 0 Å². The molecule has 2 aromatic carbocycles. The minimum absolute atomic E-state index is 0.00384. The number of aliphatic hydroxyl groups is 5. The Kier molecular flexibility index (Phi) is 11.2. The number of aryl methyl sites for hydroxylation is 2.